The first-order chi connectivity index (χ1) is 16.6. The van der Waals surface area contributed by atoms with Crippen molar-refractivity contribution >= 4 is 17.0 Å². The lowest BCUT2D eigenvalue weighted by molar-refractivity contribution is 0.111. The first kappa shape index (κ1) is 23.3. The van der Waals surface area contributed by atoms with Crippen LogP contribution in [0.3, 0.4) is 0 Å². The number of aromatic nitrogens is 3. The molecule has 0 spiro atoms. The second kappa shape index (κ2) is 10.4. The van der Waals surface area contributed by atoms with Crippen LogP contribution in [0.5, 0.6) is 0 Å². The van der Waals surface area contributed by atoms with Crippen molar-refractivity contribution in [3.8, 4) is 11.1 Å². The highest BCUT2D eigenvalue weighted by atomic mass is 16.3. The molecule has 0 radical (unpaired) electrons. The summed E-state index contributed by atoms with van der Waals surface area (Å²) in [6.45, 7) is 5.32. The zero-order valence-electron chi connectivity index (χ0n) is 20.6. The van der Waals surface area contributed by atoms with Gasteiger partial charge in [0.15, 0.2) is 0 Å². The third-order valence-electron chi connectivity index (χ3n) is 7.69. The molecule has 2 heterocycles. The Labute approximate surface area is 203 Å². The summed E-state index contributed by atoms with van der Waals surface area (Å²) in [5, 5.41) is 18.3. The van der Waals surface area contributed by atoms with Gasteiger partial charge in [-0.25, -0.2) is 4.98 Å². The average Bonchev–Trinajstić information content (AvgIpc) is 3.18. The van der Waals surface area contributed by atoms with Crippen LogP contribution in [0.15, 0.2) is 36.7 Å². The van der Waals surface area contributed by atoms with Gasteiger partial charge in [-0.15, -0.1) is 0 Å². The van der Waals surface area contributed by atoms with Crippen molar-refractivity contribution in [2.24, 2.45) is 0 Å². The van der Waals surface area contributed by atoms with Gasteiger partial charge in [0.2, 0.25) is 5.95 Å². The molecule has 3 aromatic rings. The molecule has 3 N–H and O–H groups in total. The molecule has 0 aliphatic heterocycles. The van der Waals surface area contributed by atoms with Crippen LogP contribution >= 0.6 is 0 Å². The van der Waals surface area contributed by atoms with E-state index < -0.39 is 0 Å². The number of nitrogens with zero attached hydrogens (tertiary/aromatic N) is 3. The molecule has 5 rings (SSSR count). The summed E-state index contributed by atoms with van der Waals surface area (Å²) in [6, 6.07) is 10.4. The Kier molecular flexibility index (Phi) is 7.16. The Morgan fingerprint density at radius 2 is 1.85 bits per heavy atom. The van der Waals surface area contributed by atoms with Crippen molar-refractivity contribution < 1.29 is 5.11 Å². The molecule has 34 heavy (non-hydrogen) atoms. The Balaban J connectivity index is 1.44. The highest BCUT2D eigenvalue weighted by Gasteiger charge is 2.24. The molecule has 6 nitrogen and oxygen atoms in total. The van der Waals surface area contributed by atoms with E-state index in [0.29, 0.717) is 24.1 Å². The molecule has 1 atom stereocenters. The number of aliphatic hydroxyl groups excluding tert-OH is 1. The molecular formula is C28H39N5O. The number of benzene rings is 1. The minimum atomic E-state index is -0.166. The quantitative estimate of drug-likeness (QED) is 0.375. The predicted molar refractivity (Wildman–Crippen MR) is 139 cm³/mol. The van der Waals surface area contributed by atoms with Gasteiger partial charge in [-0.1, -0.05) is 44.0 Å². The zero-order chi connectivity index (χ0) is 23.5. The molecule has 182 valence electrons. The maximum atomic E-state index is 10.0. The second-order valence-corrected chi connectivity index (χ2v) is 10.4. The summed E-state index contributed by atoms with van der Waals surface area (Å²) in [5.41, 5.74) is 4.71. The zero-order valence-corrected chi connectivity index (χ0v) is 20.6. The highest BCUT2D eigenvalue weighted by molar-refractivity contribution is 5.94. The topological polar surface area (TPSA) is 75.0 Å². The van der Waals surface area contributed by atoms with Crippen molar-refractivity contribution in [1.82, 2.24) is 19.9 Å². The number of anilines is 1. The van der Waals surface area contributed by atoms with Crippen molar-refractivity contribution in [3.05, 3.63) is 42.2 Å². The largest absolute Gasteiger partial charge is 0.393 e. The first-order valence-electron chi connectivity index (χ1n) is 13.3. The Hall–Kier alpha value is -2.44. The summed E-state index contributed by atoms with van der Waals surface area (Å²) >= 11 is 0. The van der Waals surface area contributed by atoms with Gasteiger partial charge < -0.3 is 20.3 Å². The summed E-state index contributed by atoms with van der Waals surface area (Å²) < 4.78 is 2.35. The number of fused-ring (bicyclic) bond motifs is 1. The van der Waals surface area contributed by atoms with Crippen LogP contribution in [-0.4, -0.2) is 37.8 Å². The lowest BCUT2D eigenvalue weighted by Crippen LogP contribution is -2.34. The minimum absolute atomic E-state index is 0.166. The van der Waals surface area contributed by atoms with Crippen LogP contribution in [0.4, 0.5) is 5.95 Å². The van der Waals surface area contributed by atoms with Crippen LogP contribution in [0.25, 0.3) is 22.2 Å². The second-order valence-electron chi connectivity index (χ2n) is 10.4. The highest BCUT2D eigenvalue weighted by Crippen LogP contribution is 2.36. The Bertz CT molecular complexity index is 1080. The predicted octanol–water partition coefficient (Wildman–Crippen LogP) is 5.82. The van der Waals surface area contributed by atoms with E-state index in [-0.39, 0.29) is 6.10 Å². The number of rotatable bonds is 9. The third kappa shape index (κ3) is 5.13. The van der Waals surface area contributed by atoms with Crippen LogP contribution in [0.2, 0.25) is 0 Å². The average molecular weight is 462 g/mol. The number of hydrogen-bond acceptors (Lipinski definition) is 5. The molecule has 2 aliphatic carbocycles. The number of nitrogens with one attached hydrogen (secondary N) is 2. The first-order valence-corrected chi connectivity index (χ1v) is 13.3. The summed E-state index contributed by atoms with van der Waals surface area (Å²) in [7, 11) is 0. The SMILES string of the molecule is CCCC(C)Nc1ncc2c(-c3ccc(CNC4CCC4)cc3)cn(C3CCC(O)CC3)c2n1. The molecule has 1 aromatic carbocycles. The summed E-state index contributed by atoms with van der Waals surface area (Å²) in [5.74, 6) is 0.701. The monoisotopic (exact) mass is 461 g/mol. The van der Waals surface area contributed by atoms with E-state index in [1.165, 1.54) is 36.0 Å². The van der Waals surface area contributed by atoms with E-state index >= 15 is 0 Å². The fourth-order valence-electron chi connectivity index (χ4n) is 5.35. The van der Waals surface area contributed by atoms with Gasteiger partial charge in [-0.2, -0.15) is 4.98 Å². The minimum Gasteiger partial charge on any atom is -0.393 e. The van der Waals surface area contributed by atoms with Gasteiger partial charge in [0.05, 0.1) is 6.10 Å². The van der Waals surface area contributed by atoms with Gasteiger partial charge in [0, 0.05) is 48.0 Å². The van der Waals surface area contributed by atoms with Gasteiger partial charge >= 0.3 is 0 Å². The van der Waals surface area contributed by atoms with Crippen molar-refractivity contribution in [2.75, 3.05) is 5.32 Å². The van der Waals surface area contributed by atoms with Crippen LogP contribution in [-0.2, 0) is 6.54 Å². The standard InChI is InChI=1S/C28H39N5O/c1-3-5-19(2)31-28-30-17-25-26(18-33(27(25)32-28)23-12-14-24(34)15-13-23)21-10-8-20(9-11-21)16-29-22-6-4-7-22/h8-11,17-19,22-24,29,34H,3-7,12-16H2,1-2H3,(H,30,31,32). The molecule has 1 unspecified atom stereocenters. The molecule has 2 aliphatic rings. The molecule has 2 saturated carbocycles. The smallest absolute Gasteiger partial charge is 0.224 e. The number of hydrogen-bond donors (Lipinski definition) is 3. The van der Waals surface area contributed by atoms with Gasteiger partial charge in [-0.3, -0.25) is 0 Å². The van der Waals surface area contributed by atoms with E-state index in [1.54, 1.807) is 0 Å². The Morgan fingerprint density at radius 1 is 1.09 bits per heavy atom. The molecular weight excluding hydrogens is 422 g/mol. The number of aliphatic hydroxyl groups is 1. The molecule has 6 heteroatoms. The van der Waals surface area contributed by atoms with E-state index in [0.717, 1.165) is 56.1 Å². The van der Waals surface area contributed by atoms with E-state index in [4.69, 9.17) is 4.98 Å². The van der Waals surface area contributed by atoms with Crippen molar-refractivity contribution in [2.45, 2.75) is 102 Å². The lowest BCUT2D eigenvalue weighted by atomic mass is 9.93. The Morgan fingerprint density at radius 3 is 2.53 bits per heavy atom. The lowest BCUT2D eigenvalue weighted by Gasteiger charge is -2.27. The fourth-order valence-corrected chi connectivity index (χ4v) is 5.35. The van der Waals surface area contributed by atoms with Gasteiger partial charge in [0.25, 0.3) is 0 Å². The maximum absolute atomic E-state index is 10.0. The maximum Gasteiger partial charge on any atom is 0.224 e. The van der Waals surface area contributed by atoms with Crippen molar-refractivity contribution in [1.29, 1.82) is 0 Å². The normalized spacial score (nSPS) is 22.0. The third-order valence-corrected chi connectivity index (χ3v) is 7.69. The van der Waals surface area contributed by atoms with E-state index in [2.05, 4.69) is 64.5 Å². The molecule has 0 bridgehead atoms. The van der Waals surface area contributed by atoms with Gasteiger partial charge in [-0.05, 0) is 63.0 Å². The van der Waals surface area contributed by atoms with E-state index in [1.807, 2.05) is 6.20 Å². The van der Waals surface area contributed by atoms with Gasteiger partial charge in [0.1, 0.15) is 5.65 Å². The molecule has 2 fully saturated rings. The van der Waals surface area contributed by atoms with Crippen LogP contribution < -0.4 is 10.6 Å². The van der Waals surface area contributed by atoms with Crippen LogP contribution in [0, 0.1) is 0 Å². The molecule has 0 saturated heterocycles. The van der Waals surface area contributed by atoms with E-state index in [9.17, 15) is 5.11 Å². The summed E-state index contributed by atoms with van der Waals surface area (Å²) in [4.78, 5) is 9.67. The fraction of sp³-hybridized carbons (Fsp3) is 0.571. The van der Waals surface area contributed by atoms with Crippen molar-refractivity contribution in [3.63, 3.8) is 0 Å². The van der Waals surface area contributed by atoms with Crippen LogP contribution in [0.1, 0.15) is 83.2 Å². The molecule has 2 aromatic heterocycles. The summed E-state index contributed by atoms with van der Waals surface area (Å²) in [6.07, 6.45) is 14.0. The molecule has 0 amide bonds.